The van der Waals surface area contributed by atoms with Gasteiger partial charge in [0, 0.05) is 11.4 Å². The number of aryl methyl sites for hydroxylation is 1. The molecule has 0 bridgehead atoms. The maximum Gasteiger partial charge on any atom is 0.310 e. The molecule has 112 valence electrons. The molecule has 0 amide bonds. The molecule has 1 aliphatic rings. The zero-order valence-corrected chi connectivity index (χ0v) is 13.2. The minimum absolute atomic E-state index is 0.288. The molecule has 1 aromatic heterocycles. The maximum atomic E-state index is 12.4. The minimum Gasteiger partial charge on any atom is -0.469 e. The van der Waals surface area contributed by atoms with E-state index in [9.17, 15) is 13.2 Å². The largest absolute Gasteiger partial charge is 0.469 e. The van der Waals surface area contributed by atoms with Crippen LogP contribution in [0.1, 0.15) is 29.7 Å². The van der Waals surface area contributed by atoms with E-state index in [1.54, 1.807) is 0 Å². The van der Waals surface area contributed by atoms with Gasteiger partial charge in [-0.25, -0.2) is 13.1 Å². The highest BCUT2D eigenvalue weighted by atomic mass is 32.2. The van der Waals surface area contributed by atoms with E-state index in [0.717, 1.165) is 16.9 Å². The van der Waals surface area contributed by atoms with E-state index >= 15 is 0 Å². The molecule has 20 heavy (non-hydrogen) atoms. The third-order valence-corrected chi connectivity index (χ3v) is 6.69. The van der Waals surface area contributed by atoms with Crippen LogP contribution in [-0.4, -0.2) is 26.7 Å². The highest BCUT2D eigenvalue weighted by Gasteiger charge is 2.42. The highest BCUT2D eigenvalue weighted by molar-refractivity contribution is 7.90. The van der Waals surface area contributed by atoms with Crippen molar-refractivity contribution in [2.24, 2.45) is 5.92 Å². The van der Waals surface area contributed by atoms with Crippen LogP contribution in [0.15, 0.2) is 11.4 Å². The fraction of sp³-hybridized carbons (Fsp3) is 0.615. The summed E-state index contributed by atoms with van der Waals surface area (Å²) in [6.45, 7) is 2.24. The number of carbonyl (C=O) groups is 1. The first-order valence-corrected chi connectivity index (χ1v) is 8.97. The lowest BCUT2D eigenvalue weighted by Gasteiger charge is -2.18. The third-order valence-electron chi connectivity index (χ3n) is 3.76. The van der Waals surface area contributed by atoms with Crippen LogP contribution in [0.5, 0.6) is 0 Å². The summed E-state index contributed by atoms with van der Waals surface area (Å²) < 4.78 is 32.0. The molecule has 1 saturated carbocycles. The Labute approximate surface area is 123 Å². The maximum absolute atomic E-state index is 12.4. The number of methoxy groups -OCH3 is 1. The van der Waals surface area contributed by atoms with Gasteiger partial charge < -0.3 is 4.74 Å². The summed E-state index contributed by atoms with van der Waals surface area (Å²) in [4.78, 5) is 12.6. The van der Waals surface area contributed by atoms with Crippen molar-refractivity contribution in [3.05, 3.63) is 21.9 Å². The SMILES string of the molecule is COC(=O)C1CCCC1S(=O)(=O)NCc1sccc1C. The smallest absolute Gasteiger partial charge is 0.310 e. The van der Waals surface area contributed by atoms with E-state index < -0.39 is 27.2 Å². The zero-order chi connectivity index (χ0) is 14.8. The van der Waals surface area contributed by atoms with Crippen LogP contribution >= 0.6 is 11.3 Å². The summed E-state index contributed by atoms with van der Waals surface area (Å²) >= 11 is 1.53. The second-order valence-corrected chi connectivity index (χ2v) is 7.98. The molecule has 7 heteroatoms. The van der Waals surface area contributed by atoms with Crippen molar-refractivity contribution in [3.63, 3.8) is 0 Å². The normalized spacial score (nSPS) is 22.9. The molecular weight excluding hydrogens is 298 g/mol. The van der Waals surface area contributed by atoms with Gasteiger partial charge >= 0.3 is 5.97 Å². The number of esters is 1. The number of hydrogen-bond donors (Lipinski definition) is 1. The number of sulfonamides is 1. The van der Waals surface area contributed by atoms with Crippen LogP contribution in [-0.2, 0) is 26.1 Å². The third kappa shape index (κ3) is 3.21. The standard InChI is InChI=1S/C13H19NO4S2/c1-9-6-7-19-11(9)8-14-20(16,17)12-5-3-4-10(12)13(15)18-2/h6-7,10,12,14H,3-5,8H2,1-2H3. The molecule has 0 radical (unpaired) electrons. The molecule has 1 aromatic rings. The average molecular weight is 317 g/mol. The van der Waals surface area contributed by atoms with Crippen molar-refractivity contribution in [1.82, 2.24) is 4.72 Å². The van der Waals surface area contributed by atoms with Gasteiger partial charge in [-0.15, -0.1) is 11.3 Å². The topological polar surface area (TPSA) is 72.5 Å². The Balaban J connectivity index is 2.06. The van der Waals surface area contributed by atoms with Crippen molar-refractivity contribution in [2.45, 2.75) is 38.0 Å². The predicted octanol–water partition coefficient (Wildman–Crippen LogP) is 1.82. The van der Waals surface area contributed by atoms with Gasteiger partial charge in [-0.3, -0.25) is 4.79 Å². The van der Waals surface area contributed by atoms with Gasteiger partial charge in [0.1, 0.15) is 0 Å². The summed E-state index contributed by atoms with van der Waals surface area (Å²) in [5.41, 5.74) is 1.08. The second-order valence-electron chi connectivity index (χ2n) is 4.99. The molecule has 1 fully saturated rings. The fourth-order valence-corrected chi connectivity index (χ4v) is 5.23. The summed E-state index contributed by atoms with van der Waals surface area (Å²) in [7, 11) is -2.20. The summed E-state index contributed by atoms with van der Waals surface area (Å²) in [6.07, 6.45) is 1.83. The molecule has 1 aliphatic carbocycles. The lowest BCUT2D eigenvalue weighted by Crippen LogP contribution is -2.39. The van der Waals surface area contributed by atoms with E-state index in [-0.39, 0.29) is 6.54 Å². The number of carbonyl (C=O) groups excluding carboxylic acids is 1. The summed E-state index contributed by atoms with van der Waals surface area (Å²) in [5.74, 6) is -0.966. The molecule has 0 saturated heterocycles. The average Bonchev–Trinajstić information content (AvgIpc) is 3.04. The number of nitrogens with one attached hydrogen (secondary N) is 1. The monoisotopic (exact) mass is 317 g/mol. The Hall–Kier alpha value is -0.920. The quantitative estimate of drug-likeness (QED) is 0.841. The van der Waals surface area contributed by atoms with Crippen LogP contribution < -0.4 is 4.72 Å². The Kier molecular flexibility index (Phi) is 4.82. The van der Waals surface area contributed by atoms with Crippen molar-refractivity contribution >= 4 is 27.3 Å². The van der Waals surface area contributed by atoms with Crippen molar-refractivity contribution in [3.8, 4) is 0 Å². The van der Waals surface area contributed by atoms with Gasteiger partial charge in [0.05, 0.1) is 18.3 Å². The Morgan fingerprint density at radius 2 is 2.25 bits per heavy atom. The fourth-order valence-electron chi connectivity index (χ4n) is 2.58. The van der Waals surface area contributed by atoms with Gasteiger partial charge in [-0.1, -0.05) is 6.42 Å². The zero-order valence-electron chi connectivity index (χ0n) is 11.6. The first-order valence-electron chi connectivity index (χ1n) is 6.55. The van der Waals surface area contributed by atoms with Crippen LogP contribution in [0.25, 0.3) is 0 Å². The molecule has 0 aliphatic heterocycles. The Bertz CT molecular complexity index is 579. The van der Waals surface area contributed by atoms with Gasteiger partial charge in [-0.05, 0) is 36.8 Å². The second kappa shape index (κ2) is 6.24. The Morgan fingerprint density at radius 3 is 2.85 bits per heavy atom. The molecule has 0 aromatic carbocycles. The molecule has 1 N–H and O–H groups in total. The van der Waals surface area contributed by atoms with Gasteiger partial charge in [0.15, 0.2) is 0 Å². The van der Waals surface area contributed by atoms with E-state index in [4.69, 9.17) is 4.74 Å². The van der Waals surface area contributed by atoms with E-state index in [1.807, 2.05) is 18.4 Å². The van der Waals surface area contributed by atoms with E-state index in [1.165, 1.54) is 18.4 Å². The van der Waals surface area contributed by atoms with Gasteiger partial charge in [0.2, 0.25) is 10.0 Å². The van der Waals surface area contributed by atoms with Crippen molar-refractivity contribution in [1.29, 1.82) is 0 Å². The number of ether oxygens (including phenoxy) is 1. The summed E-state index contributed by atoms with van der Waals surface area (Å²) in [6, 6.07) is 1.96. The van der Waals surface area contributed by atoms with Crippen molar-refractivity contribution in [2.75, 3.05) is 7.11 Å². The molecule has 0 spiro atoms. The first kappa shape index (κ1) is 15.5. The molecule has 1 heterocycles. The Morgan fingerprint density at radius 1 is 1.50 bits per heavy atom. The number of thiophene rings is 1. The molecule has 2 rings (SSSR count). The first-order chi connectivity index (χ1) is 9.45. The van der Waals surface area contributed by atoms with E-state index in [2.05, 4.69) is 4.72 Å². The lowest BCUT2D eigenvalue weighted by atomic mass is 10.1. The number of hydrogen-bond acceptors (Lipinski definition) is 5. The summed E-state index contributed by atoms with van der Waals surface area (Å²) in [5, 5.41) is 1.27. The van der Waals surface area contributed by atoms with Gasteiger partial charge in [-0.2, -0.15) is 0 Å². The number of rotatable bonds is 5. The molecular formula is C13H19NO4S2. The predicted molar refractivity (Wildman–Crippen MR) is 78.0 cm³/mol. The van der Waals surface area contributed by atoms with Crippen molar-refractivity contribution < 1.29 is 17.9 Å². The van der Waals surface area contributed by atoms with Crippen LogP contribution in [0.4, 0.5) is 0 Å². The van der Waals surface area contributed by atoms with E-state index in [0.29, 0.717) is 12.8 Å². The molecule has 2 unspecified atom stereocenters. The minimum atomic E-state index is -3.50. The highest BCUT2D eigenvalue weighted by Crippen LogP contribution is 2.32. The van der Waals surface area contributed by atoms with Crippen LogP contribution in [0.2, 0.25) is 0 Å². The van der Waals surface area contributed by atoms with Gasteiger partial charge in [0.25, 0.3) is 0 Å². The van der Waals surface area contributed by atoms with Crippen LogP contribution in [0, 0.1) is 12.8 Å². The molecule has 2 atom stereocenters. The van der Waals surface area contributed by atoms with Crippen LogP contribution in [0.3, 0.4) is 0 Å². The lowest BCUT2D eigenvalue weighted by molar-refractivity contribution is -0.145. The molecule has 5 nitrogen and oxygen atoms in total.